The minimum atomic E-state index is -0.591. The predicted octanol–water partition coefficient (Wildman–Crippen LogP) is 3.64. The molecule has 0 saturated heterocycles. The highest BCUT2D eigenvalue weighted by atomic mass is 19.1. The lowest BCUT2D eigenvalue weighted by Gasteiger charge is -2.35. The van der Waals surface area contributed by atoms with Gasteiger partial charge in [0.2, 0.25) is 11.9 Å². The van der Waals surface area contributed by atoms with Crippen molar-refractivity contribution in [3.63, 3.8) is 0 Å². The van der Waals surface area contributed by atoms with Crippen LogP contribution in [0.3, 0.4) is 0 Å². The van der Waals surface area contributed by atoms with E-state index in [-0.39, 0.29) is 23.6 Å². The van der Waals surface area contributed by atoms with Gasteiger partial charge in [0.1, 0.15) is 12.9 Å². The van der Waals surface area contributed by atoms with Gasteiger partial charge in [-0.2, -0.15) is 4.39 Å². The number of nitrogens with two attached hydrogens (primary N) is 1. The molecule has 0 aliphatic heterocycles. The molecule has 2 aliphatic rings. The van der Waals surface area contributed by atoms with Gasteiger partial charge in [-0.3, -0.25) is 0 Å². The Morgan fingerprint density at radius 3 is 2.83 bits per heavy atom. The molecule has 4 rings (SSSR count). The Bertz CT molecular complexity index is 1030. The van der Waals surface area contributed by atoms with Gasteiger partial charge in [0.05, 0.1) is 17.1 Å². The van der Waals surface area contributed by atoms with Crippen LogP contribution in [0.2, 0.25) is 0 Å². The van der Waals surface area contributed by atoms with Crippen molar-refractivity contribution in [1.82, 2.24) is 15.0 Å². The monoisotopic (exact) mass is 397 g/mol. The number of nitrogen functional groups attached to an aromatic ring is 1. The first kappa shape index (κ1) is 19.2. The SMILES string of the molecule is CO/N=C1\C[C@H](C2C=CC(F)=CC2c2cccnc2F)Cc2nc(N)nc(C)c21. The van der Waals surface area contributed by atoms with E-state index in [1.807, 2.05) is 6.92 Å². The zero-order valence-corrected chi connectivity index (χ0v) is 16.1. The molecule has 3 atom stereocenters. The van der Waals surface area contributed by atoms with E-state index in [9.17, 15) is 8.78 Å². The lowest BCUT2D eigenvalue weighted by Crippen LogP contribution is -2.32. The third-order valence-corrected chi connectivity index (χ3v) is 5.51. The Hall–Kier alpha value is -3.16. The molecule has 0 radical (unpaired) electrons. The molecule has 2 aliphatic carbocycles. The Morgan fingerprint density at radius 1 is 1.24 bits per heavy atom. The number of pyridine rings is 1. The maximum absolute atomic E-state index is 14.4. The highest BCUT2D eigenvalue weighted by Crippen LogP contribution is 2.42. The minimum absolute atomic E-state index is 0.00435. The topological polar surface area (TPSA) is 86.3 Å². The maximum atomic E-state index is 14.4. The fourth-order valence-corrected chi connectivity index (χ4v) is 4.37. The predicted molar refractivity (Wildman–Crippen MR) is 105 cm³/mol. The molecule has 0 fully saturated rings. The normalized spacial score (nSPS) is 24.9. The van der Waals surface area contributed by atoms with E-state index < -0.39 is 11.9 Å². The summed E-state index contributed by atoms with van der Waals surface area (Å²) in [5.74, 6) is -1.44. The summed E-state index contributed by atoms with van der Waals surface area (Å²) in [5, 5.41) is 4.19. The maximum Gasteiger partial charge on any atom is 0.220 e. The van der Waals surface area contributed by atoms with Crippen molar-refractivity contribution in [1.29, 1.82) is 0 Å². The van der Waals surface area contributed by atoms with Crippen molar-refractivity contribution < 1.29 is 13.6 Å². The molecule has 2 heterocycles. The third-order valence-electron chi connectivity index (χ3n) is 5.51. The lowest BCUT2D eigenvalue weighted by molar-refractivity contribution is 0.210. The molecule has 0 aromatic carbocycles. The van der Waals surface area contributed by atoms with Gasteiger partial charge in [0.15, 0.2) is 0 Å². The van der Waals surface area contributed by atoms with E-state index in [0.29, 0.717) is 24.1 Å². The molecule has 0 bridgehead atoms. The van der Waals surface area contributed by atoms with Crippen molar-refractivity contribution in [2.45, 2.75) is 25.7 Å². The van der Waals surface area contributed by atoms with Crippen LogP contribution in [0.4, 0.5) is 14.7 Å². The summed E-state index contributed by atoms with van der Waals surface area (Å²) in [4.78, 5) is 17.4. The van der Waals surface area contributed by atoms with Gasteiger partial charge in [-0.15, -0.1) is 0 Å². The van der Waals surface area contributed by atoms with Crippen LogP contribution < -0.4 is 5.73 Å². The third kappa shape index (κ3) is 3.62. The van der Waals surface area contributed by atoms with Crippen molar-refractivity contribution in [3.8, 4) is 0 Å². The number of aryl methyl sites for hydroxylation is 1. The second-order valence-electron chi connectivity index (χ2n) is 7.28. The second kappa shape index (κ2) is 7.69. The summed E-state index contributed by atoms with van der Waals surface area (Å²) in [5.41, 5.74) is 9.29. The zero-order chi connectivity index (χ0) is 20.5. The van der Waals surface area contributed by atoms with Crippen molar-refractivity contribution in [2.24, 2.45) is 17.0 Å². The molecule has 150 valence electrons. The molecule has 6 nitrogen and oxygen atoms in total. The summed E-state index contributed by atoms with van der Waals surface area (Å²) in [7, 11) is 1.48. The van der Waals surface area contributed by atoms with Crippen LogP contribution in [-0.2, 0) is 11.3 Å². The summed E-state index contributed by atoms with van der Waals surface area (Å²) >= 11 is 0. The molecular weight excluding hydrogens is 376 g/mol. The number of hydrogen-bond acceptors (Lipinski definition) is 6. The van der Waals surface area contributed by atoms with E-state index in [0.717, 1.165) is 17.0 Å². The van der Waals surface area contributed by atoms with Crippen LogP contribution >= 0.6 is 0 Å². The number of allylic oxidation sites excluding steroid dienone is 4. The Kier molecular flexibility index (Phi) is 5.08. The zero-order valence-electron chi connectivity index (χ0n) is 16.1. The summed E-state index contributed by atoms with van der Waals surface area (Å²) in [6, 6.07) is 3.30. The fourth-order valence-electron chi connectivity index (χ4n) is 4.37. The Balaban J connectivity index is 1.76. The fraction of sp³-hybridized carbons (Fsp3) is 0.333. The number of fused-ring (bicyclic) bond motifs is 1. The van der Waals surface area contributed by atoms with Gasteiger partial charge in [0, 0.05) is 23.2 Å². The molecule has 2 N–H and O–H groups in total. The molecular formula is C21H21F2N5O. The first-order valence-electron chi connectivity index (χ1n) is 9.37. The van der Waals surface area contributed by atoms with Crippen molar-refractivity contribution in [2.75, 3.05) is 12.8 Å². The highest BCUT2D eigenvalue weighted by molar-refractivity contribution is 6.03. The molecule has 8 heteroatoms. The van der Waals surface area contributed by atoms with E-state index >= 15 is 0 Å². The summed E-state index contributed by atoms with van der Waals surface area (Å²) < 4.78 is 28.5. The van der Waals surface area contributed by atoms with Gasteiger partial charge in [-0.25, -0.2) is 19.3 Å². The minimum Gasteiger partial charge on any atom is -0.399 e. The highest BCUT2D eigenvalue weighted by Gasteiger charge is 2.37. The smallest absolute Gasteiger partial charge is 0.220 e. The van der Waals surface area contributed by atoms with Crippen LogP contribution in [0.15, 0.2) is 47.5 Å². The van der Waals surface area contributed by atoms with Crippen molar-refractivity contribution in [3.05, 3.63) is 70.8 Å². The second-order valence-corrected chi connectivity index (χ2v) is 7.28. The van der Waals surface area contributed by atoms with Gasteiger partial charge >= 0.3 is 0 Å². The quantitative estimate of drug-likeness (QED) is 0.631. The average Bonchev–Trinajstić information content (AvgIpc) is 2.67. The van der Waals surface area contributed by atoms with E-state index in [1.54, 1.807) is 18.2 Å². The molecule has 2 unspecified atom stereocenters. The number of hydrogen-bond donors (Lipinski definition) is 1. The number of aromatic nitrogens is 3. The standard InChI is InChI=1S/C21H21F2N5O/c1-11-19-17(27-21(24)26-11)8-12(9-18(19)28-29-2)14-6-5-13(22)10-16(14)15-4-3-7-25-20(15)23/h3-7,10,12,14,16H,8-9H2,1-2H3,(H2,24,26,27)/b28-18+/t12-,14?,16?/m1/s1. The van der Waals surface area contributed by atoms with Crippen LogP contribution in [-0.4, -0.2) is 27.8 Å². The van der Waals surface area contributed by atoms with Crippen LogP contribution in [0.1, 0.15) is 34.9 Å². The average molecular weight is 397 g/mol. The first-order chi connectivity index (χ1) is 14.0. The summed E-state index contributed by atoms with van der Waals surface area (Å²) in [6.07, 6.45) is 7.22. The number of nitrogens with zero attached hydrogens (tertiary/aromatic N) is 4. The molecule has 2 aromatic rings. The number of halogens is 2. The lowest BCUT2D eigenvalue weighted by atomic mass is 9.69. The number of rotatable bonds is 3. The molecule has 0 spiro atoms. The van der Waals surface area contributed by atoms with Crippen molar-refractivity contribution >= 4 is 11.7 Å². The van der Waals surface area contributed by atoms with Crippen LogP contribution in [0, 0.1) is 24.7 Å². The number of oxime groups is 1. The van der Waals surface area contributed by atoms with Crippen LogP contribution in [0.25, 0.3) is 0 Å². The van der Waals surface area contributed by atoms with Gasteiger partial charge < -0.3 is 10.6 Å². The molecule has 0 saturated carbocycles. The molecule has 2 aromatic heterocycles. The number of anilines is 1. The van der Waals surface area contributed by atoms with Gasteiger partial charge in [0.25, 0.3) is 0 Å². The van der Waals surface area contributed by atoms with Crippen LogP contribution in [0.5, 0.6) is 0 Å². The Labute approximate surface area is 167 Å². The van der Waals surface area contributed by atoms with E-state index in [4.69, 9.17) is 10.6 Å². The largest absolute Gasteiger partial charge is 0.399 e. The first-order valence-corrected chi connectivity index (χ1v) is 9.37. The molecule has 0 amide bonds. The Morgan fingerprint density at radius 2 is 2.07 bits per heavy atom. The van der Waals surface area contributed by atoms with E-state index in [1.165, 1.54) is 25.5 Å². The molecule has 29 heavy (non-hydrogen) atoms. The van der Waals surface area contributed by atoms with E-state index in [2.05, 4.69) is 20.1 Å². The van der Waals surface area contributed by atoms with Gasteiger partial charge in [-0.1, -0.05) is 17.3 Å². The summed E-state index contributed by atoms with van der Waals surface area (Å²) in [6.45, 7) is 1.86. The van der Waals surface area contributed by atoms with Gasteiger partial charge in [-0.05, 0) is 49.8 Å².